The summed E-state index contributed by atoms with van der Waals surface area (Å²) < 4.78 is 6.05. The number of carbonyl (C=O) groups excluding carboxylic acids is 1. The van der Waals surface area contributed by atoms with Gasteiger partial charge in [-0.15, -0.1) is 0 Å². The lowest BCUT2D eigenvalue weighted by atomic mass is 9.82. The Balaban J connectivity index is 1.87. The van der Waals surface area contributed by atoms with E-state index >= 15 is 0 Å². The summed E-state index contributed by atoms with van der Waals surface area (Å²) in [4.78, 5) is 16.1. The Labute approximate surface area is 150 Å². The SMILES string of the molecule is Nc1cccc(C2(c3cc4ccccc4[nH]3)OC(=O)c3ccccc32)c1. The third-order valence-electron chi connectivity index (χ3n) is 4.97. The molecular weight excluding hydrogens is 324 g/mol. The van der Waals surface area contributed by atoms with Crippen molar-refractivity contribution in [1.29, 1.82) is 0 Å². The van der Waals surface area contributed by atoms with Gasteiger partial charge in [0.1, 0.15) is 0 Å². The molecule has 3 aromatic carbocycles. The van der Waals surface area contributed by atoms with Crippen molar-refractivity contribution < 1.29 is 9.53 Å². The van der Waals surface area contributed by atoms with E-state index in [1.165, 1.54) is 0 Å². The fourth-order valence-corrected chi connectivity index (χ4v) is 3.81. The molecule has 4 nitrogen and oxygen atoms in total. The number of H-pyrrole nitrogens is 1. The first kappa shape index (κ1) is 14.8. The Morgan fingerprint density at radius 1 is 0.885 bits per heavy atom. The molecule has 0 spiro atoms. The number of benzene rings is 3. The van der Waals surface area contributed by atoms with Gasteiger partial charge in [0.25, 0.3) is 0 Å². The Morgan fingerprint density at radius 2 is 1.69 bits per heavy atom. The first-order valence-electron chi connectivity index (χ1n) is 8.45. The minimum absolute atomic E-state index is 0.332. The van der Waals surface area contributed by atoms with Crippen LogP contribution in [0.3, 0.4) is 0 Å². The first-order valence-corrected chi connectivity index (χ1v) is 8.45. The molecule has 1 aromatic heterocycles. The number of carbonyl (C=O) groups is 1. The molecule has 1 unspecified atom stereocenters. The quantitative estimate of drug-likeness (QED) is 0.424. The summed E-state index contributed by atoms with van der Waals surface area (Å²) in [6.07, 6.45) is 0. The maximum Gasteiger partial charge on any atom is 0.340 e. The number of hydrogen-bond donors (Lipinski definition) is 2. The van der Waals surface area contributed by atoms with Crippen LogP contribution in [0.4, 0.5) is 5.69 Å². The van der Waals surface area contributed by atoms with Gasteiger partial charge in [-0.05, 0) is 35.7 Å². The minimum Gasteiger partial charge on any atom is -0.439 e. The van der Waals surface area contributed by atoms with Crippen LogP contribution in [0.5, 0.6) is 0 Å². The number of aromatic nitrogens is 1. The Kier molecular flexibility index (Phi) is 2.97. The molecule has 0 amide bonds. The van der Waals surface area contributed by atoms with Crippen molar-refractivity contribution in [2.75, 3.05) is 5.73 Å². The number of esters is 1. The largest absolute Gasteiger partial charge is 0.439 e. The number of aromatic amines is 1. The van der Waals surface area contributed by atoms with Crippen molar-refractivity contribution in [3.63, 3.8) is 0 Å². The van der Waals surface area contributed by atoms with Gasteiger partial charge >= 0.3 is 5.97 Å². The predicted molar refractivity (Wildman–Crippen MR) is 101 cm³/mol. The van der Waals surface area contributed by atoms with E-state index in [1.54, 1.807) is 6.07 Å². The van der Waals surface area contributed by atoms with E-state index in [2.05, 4.69) is 4.98 Å². The average Bonchev–Trinajstić information content (AvgIpc) is 3.22. The van der Waals surface area contributed by atoms with Crippen molar-refractivity contribution in [3.05, 3.63) is 101 Å². The van der Waals surface area contributed by atoms with Crippen LogP contribution in [-0.4, -0.2) is 11.0 Å². The molecule has 1 aliphatic rings. The highest BCUT2D eigenvalue weighted by Crippen LogP contribution is 2.47. The van der Waals surface area contributed by atoms with Gasteiger partial charge in [-0.2, -0.15) is 0 Å². The van der Waals surface area contributed by atoms with Gasteiger partial charge in [0.05, 0.1) is 11.3 Å². The summed E-state index contributed by atoms with van der Waals surface area (Å²) in [6.45, 7) is 0. The number of hydrogen-bond acceptors (Lipinski definition) is 3. The van der Waals surface area contributed by atoms with Crippen LogP contribution < -0.4 is 5.73 Å². The summed E-state index contributed by atoms with van der Waals surface area (Å²) in [5, 5.41) is 1.06. The van der Waals surface area contributed by atoms with Gasteiger partial charge in [-0.25, -0.2) is 4.79 Å². The standard InChI is InChI=1S/C22H16N2O2/c23-16-8-5-7-15(13-16)22(18-10-3-2-9-17(18)21(25)26-22)20-12-14-6-1-4-11-19(14)24-20/h1-13,24H,23H2. The summed E-state index contributed by atoms with van der Waals surface area (Å²) in [5.74, 6) is -0.332. The zero-order valence-corrected chi connectivity index (χ0v) is 13.9. The van der Waals surface area contributed by atoms with Gasteiger partial charge in [0.2, 0.25) is 5.60 Å². The molecule has 26 heavy (non-hydrogen) atoms. The number of nitrogens with two attached hydrogens (primary N) is 1. The third-order valence-corrected chi connectivity index (χ3v) is 4.97. The second-order valence-electron chi connectivity index (χ2n) is 6.51. The van der Waals surface area contributed by atoms with Crippen molar-refractivity contribution in [2.24, 2.45) is 0 Å². The van der Waals surface area contributed by atoms with Gasteiger partial charge in [0.15, 0.2) is 0 Å². The number of cyclic esters (lactones) is 1. The highest BCUT2D eigenvalue weighted by atomic mass is 16.6. The van der Waals surface area contributed by atoms with Crippen molar-refractivity contribution in [3.8, 4) is 0 Å². The molecular formula is C22H16N2O2. The molecule has 0 bridgehead atoms. The summed E-state index contributed by atoms with van der Waals surface area (Å²) >= 11 is 0. The number of fused-ring (bicyclic) bond motifs is 2. The predicted octanol–water partition coefficient (Wildman–Crippen LogP) is 4.21. The molecule has 5 rings (SSSR count). The molecule has 0 saturated heterocycles. The zero-order valence-electron chi connectivity index (χ0n) is 13.9. The monoisotopic (exact) mass is 340 g/mol. The molecule has 1 atom stereocenters. The molecule has 0 radical (unpaired) electrons. The highest BCUT2D eigenvalue weighted by Gasteiger charge is 2.49. The van der Waals surface area contributed by atoms with E-state index < -0.39 is 5.60 Å². The number of nitrogens with one attached hydrogen (secondary N) is 1. The lowest BCUT2D eigenvalue weighted by Crippen LogP contribution is -2.30. The van der Waals surface area contributed by atoms with Crippen LogP contribution in [0, 0.1) is 0 Å². The molecule has 0 saturated carbocycles. The molecule has 126 valence electrons. The second kappa shape index (κ2) is 5.23. The smallest absolute Gasteiger partial charge is 0.340 e. The van der Waals surface area contributed by atoms with Crippen LogP contribution in [0.1, 0.15) is 27.2 Å². The maximum atomic E-state index is 12.7. The molecule has 3 N–H and O–H groups in total. The van der Waals surface area contributed by atoms with E-state index in [0.717, 1.165) is 27.7 Å². The fraction of sp³-hybridized carbons (Fsp3) is 0.0455. The average molecular weight is 340 g/mol. The lowest BCUT2D eigenvalue weighted by molar-refractivity contribution is 0.0241. The minimum atomic E-state index is -1.04. The van der Waals surface area contributed by atoms with Crippen molar-refractivity contribution in [2.45, 2.75) is 5.60 Å². The molecule has 1 aliphatic heterocycles. The normalized spacial score (nSPS) is 18.7. The van der Waals surface area contributed by atoms with E-state index in [0.29, 0.717) is 11.3 Å². The molecule has 0 aliphatic carbocycles. The first-order chi connectivity index (χ1) is 12.7. The van der Waals surface area contributed by atoms with Gasteiger partial charge in [0, 0.05) is 22.3 Å². The number of nitrogen functional groups attached to an aromatic ring is 1. The maximum absolute atomic E-state index is 12.7. The van der Waals surface area contributed by atoms with Crippen molar-refractivity contribution in [1.82, 2.24) is 4.98 Å². The van der Waals surface area contributed by atoms with Crippen LogP contribution >= 0.6 is 0 Å². The fourth-order valence-electron chi connectivity index (χ4n) is 3.81. The van der Waals surface area contributed by atoms with Crippen molar-refractivity contribution >= 4 is 22.6 Å². The Morgan fingerprint density at radius 3 is 2.54 bits per heavy atom. The van der Waals surface area contributed by atoms with E-state index in [-0.39, 0.29) is 5.97 Å². The van der Waals surface area contributed by atoms with E-state index in [4.69, 9.17) is 10.5 Å². The van der Waals surface area contributed by atoms with Crippen LogP contribution in [0.15, 0.2) is 78.9 Å². The summed E-state index contributed by atoms with van der Waals surface area (Å²) in [7, 11) is 0. The second-order valence-corrected chi connectivity index (χ2v) is 6.51. The van der Waals surface area contributed by atoms with Crippen LogP contribution in [0.25, 0.3) is 10.9 Å². The van der Waals surface area contributed by atoms with Gasteiger partial charge < -0.3 is 15.5 Å². The topological polar surface area (TPSA) is 68.1 Å². The van der Waals surface area contributed by atoms with Crippen LogP contribution in [-0.2, 0) is 10.3 Å². The molecule has 4 aromatic rings. The number of anilines is 1. The van der Waals surface area contributed by atoms with Crippen LogP contribution in [0.2, 0.25) is 0 Å². The lowest BCUT2D eigenvalue weighted by Gasteiger charge is -2.29. The summed E-state index contributed by atoms with van der Waals surface area (Å²) in [6, 6.07) is 25.1. The number of rotatable bonds is 2. The number of para-hydroxylation sites is 1. The van der Waals surface area contributed by atoms with Gasteiger partial charge in [-0.3, -0.25) is 0 Å². The Bertz CT molecular complexity index is 1130. The zero-order chi connectivity index (χ0) is 17.7. The van der Waals surface area contributed by atoms with E-state index in [9.17, 15) is 4.79 Å². The molecule has 4 heteroatoms. The molecule has 0 fully saturated rings. The molecule has 2 heterocycles. The number of ether oxygens (including phenoxy) is 1. The highest BCUT2D eigenvalue weighted by molar-refractivity contribution is 5.96. The Hall–Kier alpha value is -3.53. The van der Waals surface area contributed by atoms with E-state index in [1.807, 2.05) is 72.8 Å². The summed E-state index contributed by atoms with van der Waals surface area (Å²) in [5.41, 5.74) is 9.65. The third kappa shape index (κ3) is 1.93. The van der Waals surface area contributed by atoms with Gasteiger partial charge in [-0.1, -0.05) is 48.5 Å².